The van der Waals surface area contributed by atoms with Crippen LogP contribution in [0, 0.1) is 13.8 Å². The maximum Gasteiger partial charge on any atom is 0.291 e. The van der Waals surface area contributed by atoms with Crippen LogP contribution in [-0.4, -0.2) is 35.2 Å². The summed E-state index contributed by atoms with van der Waals surface area (Å²) in [6.07, 6.45) is 1.75. The summed E-state index contributed by atoms with van der Waals surface area (Å²) >= 11 is 0. The van der Waals surface area contributed by atoms with E-state index in [1.165, 1.54) is 0 Å². The van der Waals surface area contributed by atoms with Crippen LogP contribution in [0.5, 0.6) is 5.75 Å². The highest BCUT2D eigenvalue weighted by Crippen LogP contribution is 2.39. The van der Waals surface area contributed by atoms with Gasteiger partial charge < -0.3 is 19.2 Å². The van der Waals surface area contributed by atoms with Crippen molar-refractivity contribution in [1.29, 1.82) is 0 Å². The second kappa shape index (κ2) is 6.99. The molecule has 2 aliphatic heterocycles. The molecule has 30 heavy (non-hydrogen) atoms. The summed E-state index contributed by atoms with van der Waals surface area (Å²) in [5.74, 6) is -0.143. The number of phenols is 1. The zero-order valence-corrected chi connectivity index (χ0v) is 17.0. The quantitative estimate of drug-likeness (QED) is 0.716. The summed E-state index contributed by atoms with van der Waals surface area (Å²) < 4.78 is 11.8. The van der Waals surface area contributed by atoms with E-state index in [0.29, 0.717) is 35.2 Å². The number of rotatable bonds is 3. The molecule has 1 aromatic heterocycles. The molecule has 0 radical (unpaired) electrons. The first-order valence-corrected chi connectivity index (χ1v) is 10.2. The highest BCUT2D eigenvalue weighted by Gasteiger charge is 2.44. The molecule has 2 aromatic carbocycles. The lowest BCUT2D eigenvalue weighted by molar-refractivity contribution is 0.0486. The summed E-state index contributed by atoms with van der Waals surface area (Å²) in [5, 5.41) is 10.5. The van der Waals surface area contributed by atoms with Crippen LogP contribution in [0.4, 0.5) is 0 Å². The van der Waals surface area contributed by atoms with E-state index in [4.69, 9.17) is 9.15 Å². The number of ether oxygens (including phenoxy) is 1. The highest BCUT2D eigenvalue weighted by atomic mass is 16.5. The van der Waals surface area contributed by atoms with Gasteiger partial charge in [-0.1, -0.05) is 12.1 Å². The number of carbonyl (C=O) groups is 1. The fourth-order valence-electron chi connectivity index (χ4n) is 4.51. The van der Waals surface area contributed by atoms with Crippen LogP contribution in [-0.2, 0) is 4.74 Å². The second-order valence-electron chi connectivity index (χ2n) is 8.20. The molecule has 3 aromatic rings. The van der Waals surface area contributed by atoms with Gasteiger partial charge >= 0.3 is 0 Å². The molecule has 0 saturated carbocycles. The zero-order valence-electron chi connectivity index (χ0n) is 17.0. The lowest BCUT2D eigenvalue weighted by Crippen LogP contribution is -2.36. The van der Waals surface area contributed by atoms with Crippen molar-refractivity contribution < 1.29 is 19.1 Å². The van der Waals surface area contributed by atoms with Crippen LogP contribution in [0.2, 0.25) is 0 Å². The summed E-state index contributed by atoms with van der Waals surface area (Å²) in [5.41, 5.74) is 3.21. The van der Waals surface area contributed by atoms with Gasteiger partial charge in [-0.3, -0.25) is 9.59 Å². The van der Waals surface area contributed by atoms with Gasteiger partial charge in [-0.05, 0) is 67.6 Å². The van der Waals surface area contributed by atoms with E-state index in [9.17, 15) is 14.7 Å². The van der Waals surface area contributed by atoms with E-state index in [1.807, 2.05) is 32.0 Å². The molecule has 0 unspecified atom stereocenters. The van der Waals surface area contributed by atoms with Crippen molar-refractivity contribution in [3.8, 4) is 5.75 Å². The standard InChI is InChI=1S/C24H23NO5/c1-13-9-18-19(10-14(13)2)30-23-20(22(18)27)21(15-5-3-6-16(26)11-15)25(24(23)28)12-17-7-4-8-29-17/h3,5-6,9-11,17,21,26H,4,7-8,12H2,1-2H3/t17-,21-/m0/s1. The number of carbonyl (C=O) groups excluding carboxylic acids is 1. The Kier molecular flexibility index (Phi) is 4.40. The van der Waals surface area contributed by atoms with E-state index in [0.717, 1.165) is 24.0 Å². The summed E-state index contributed by atoms with van der Waals surface area (Å²) in [6.45, 7) is 4.94. The molecule has 0 aliphatic carbocycles. The number of aryl methyl sites for hydroxylation is 2. The minimum atomic E-state index is -0.619. The van der Waals surface area contributed by atoms with Gasteiger partial charge in [0.25, 0.3) is 5.91 Å². The molecule has 2 atom stereocenters. The Morgan fingerprint density at radius 1 is 1.13 bits per heavy atom. The molecular formula is C24H23NO5. The van der Waals surface area contributed by atoms with Gasteiger partial charge in [0.1, 0.15) is 11.3 Å². The lowest BCUT2D eigenvalue weighted by atomic mass is 9.97. The smallest absolute Gasteiger partial charge is 0.291 e. The summed E-state index contributed by atoms with van der Waals surface area (Å²) in [7, 11) is 0. The van der Waals surface area contributed by atoms with Crippen molar-refractivity contribution >= 4 is 16.9 Å². The molecule has 3 heterocycles. The third-order valence-electron chi connectivity index (χ3n) is 6.19. The Labute approximate surface area is 173 Å². The fourth-order valence-corrected chi connectivity index (χ4v) is 4.51. The van der Waals surface area contributed by atoms with Crippen molar-refractivity contribution in [2.24, 2.45) is 0 Å². The van der Waals surface area contributed by atoms with E-state index < -0.39 is 6.04 Å². The Morgan fingerprint density at radius 2 is 1.93 bits per heavy atom. The molecule has 0 spiro atoms. The number of phenolic OH excluding ortho intramolecular Hbond substituents is 1. The number of aromatic hydroxyl groups is 1. The van der Waals surface area contributed by atoms with Gasteiger partial charge in [0.05, 0.1) is 23.1 Å². The minimum Gasteiger partial charge on any atom is -0.508 e. The lowest BCUT2D eigenvalue weighted by Gasteiger charge is -2.27. The van der Waals surface area contributed by atoms with Crippen LogP contribution >= 0.6 is 0 Å². The van der Waals surface area contributed by atoms with Gasteiger partial charge in [-0.15, -0.1) is 0 Å². The van der Waals surface area contributed by atoms with E-state index in [2.05, 4.69) is 0 Å². The molecule has 2 aliphatic rings. The molecule has 5 rings (SSSR count). The number of benzene rings is 2. The highest BCUT2D eigenvalue weighted by molar-refractivity contribution is 5.99. The van der Waals surface area contributed by atoms with Gasteiger partial charge in [-0.25, -0.2) is 0 Å². The predicted molar refractivity (Wildman–Crippen MR) is 112 cm³/mol. The Hall–Kier alpha value is -3.12. The first-order chi connectivity index (χ1) is 14.4. The molecular weight excluding hydrogens is 382 g/mol. The molecule has 1 fully saturated rings. The molecule has 1 saturated heterocycles. The predicted octanol–water partition coefficient (Wildman–Crippen LogP) is 3.84. The van der Waals surface area contributed by atoms with Crippen LogP contribution in [0.15, 0.2) is 45.6 Å². The molecule has 1 amide bonds. The van der Waals surface area contributed by atoms with Gasteiger partial charge in [0.2, 0.25) is 5.76 Å². The van der Waals surface area contributed by atoms with Crippen molar-refractivity contribution in [1.82, 2.24) is 4.90 Å². The monoisotopic (exact) mass is 405 g/mol. The largest absolute Gasteiger partial charge is 0.508 e. The number of nitrogens with zero attached hydrogens (tertiary/aromatic N) is 1. The molecule has 1 N–H and O–H groups in total. The third kappa shape index (κ3) is 2.91. The number of amides is 1. The Bertz CT molecular complexity index is 1220. The maximum absolute atomic E-state index is 13.5. The van der Waals surface area contributed by atoms with Crippen molar-refractivity contribution in [3.05, 3.63) is 74.6 Å². The first-order valence-electron chi connectivity index (χ1n) is 10.2. The van der Waals surface area contributed by atoms with Gasteiger partial charge in [0, 0.05) is 13.2 Å². The minimum absolute atomic E-state index is 0.0721. The second-order valence-corrected chi connectivity index (χ2v) is 8.20. The zero-order chi connectivity index (χ0) is 21.0. The van der Waals surface area contributed by atoms with E-state index in [1.54, 1.807) is 23.1 Å². The van der Waals surface area contributed by atoms with Crippen molar-refractivity contribution in [2.45, 2.75) is 38.8 Å². The summed E-state index contributed by atoms with van der Waals surface area (Å²) in [4.78, 5) is 28.6. The Balaban J connectivity index is 1.73. The van der Waals surface area contributed by atoms with Gasteiger partial charge in [-0.2, -0.15) is 0 Å². The fraction of sp³-hybridized carbons (Fsp3) is 0.333. The van der Waals surface area contributed by atoms with Crippen LogP contribution in [0.3, 0.4) is 0 Å². The normalized spacial score (nSPS) is 20.9. The van der Waals surface area contributed by atoms with Crippen molar-refractivity contribution in [3.63, 3.8) is 0 Å². The SMILES string of the molecule is Cc1cc2oc3c(c(=O)c2cc1C)[C@H](c1cccc(O)c1)N(C[C@@H]1CCCO1)C3=O. The number of fused-ring (bicyclic) bond motifs is 2. The average Bonchev–Trinajstić information content (AvgIpc) is 3.32. The van der Waals surface area contributed by atoms with Crippen LogP contribution in [0.25, 0.3) is 11.0 Å². The first kappa shape index (κ1) is 18.9. The van der Waals surface area contributed by atoms with Gasteiger partial charge in [0.15, 0.2) is 5.43 Å². The Morgan fingerprint density at radius 3 is 2.67 bits per heavy atom. The van der Waals surface area contributed by atoms with E-state index in [-0.39, 0.29) is 28.9 Å². The van der Waals surface area contributed by atoms with E-state index >= 15 is 0 Å². The molecule has 6 nitrogen and oxygen atoms in total. The third-order valence-corrected chi connectivity index (χ3v) is 6.19. The maximum atomic E-state index is 13.5. The van der Waals surface area contributed by atoms with Crippen LogP contribution in [0.1, 0.15) is 51.7 Å². The average molecular weight is 405 g/mol. The molecule has 154 valence electrons. The van der Waals surface area contributed by atoms with Crippen molar-refractivity contribution in [2.75, 3.05) is 13.2 Å². The molecule has 6 heteroatoms. The number of hydrogen-bond donors (Lipinski definition) is 1. The van der Waals surface area contributed by atoms with Crippen LogP contribution < -0.4 is 5.43 Å². The molecule has 0 bridgehead atoms. The summed E-state index contributed by atoms with van der Waals surface area (Å²) in [6, 6.07) is 9.72. The topological polar surface area (TPSA) is 80.0 Å². The number of hydrogen-bond acceptors (Lipinski definition) is 5.